The molecule has 0 aromatic heterocycles. The van der Waals surface area contributed by atoms with Gasteiger partial charge >= 0.3 is 0 Å². The maximum Gasteiger partial charge on any atom is 0.292 e. The van der Waals surface area contributed by atoms with Crippen molar-refractivity contribution in [2.75, 3.05) is 18.9 Å². The van der Waals surface area contributed by atoms with Gasteiger partial charge in [-0.1, -0.05) is 25.3 Å². The Bertz CT molecular complexity index is 499. The summed E-state index contributed by atoms with van der Waals surface area (Å²) in [7, 11) is 1.67. The second-order valence-corrected chi connectivity index (χ2v) is 5.75. The van der Waals surface area contributed by atoms with Crippen LogP contribution in [0.1, 0.15) is 37.7 Å². The number of aliphatic hydroxyl groups is 1. The fraction of sp³-hybridized carbons (Fsp3) is 0.600. The monoisotopic (exact) mass is 293 g/mol. The van der Waals surface area contributed by atoms with Crippen LogP contribution in [0.3, 0.4) is 0 Å². The van der Waals surface area contributed by atoms with Crippen molar-refractivity contribution in [3.63, 3.8) is 0 Å². The van der Waals surface area contributed by atoms with E-state index in [1.54, 1.807) is 19.2 Å². The van der Waals surface area contributed by atoms with E-state index in [2.05, 4.69) is 10.6 Å². The van der Waals surface area contributed by atoms with Gasteiger partial charge < -0.3 is 15.7 Å². The van der Waals surface area contributed by atoms with Gasteiger partial charge in [0.15, 0.2) is 0 Å². The van der Waals surface area contributed by atoms with Gasteiger partial charge in [-0.25, -0.2) is 0 Å². The zero-order valence-corrected chi connectivity index (χ0v) is 12.4. The minimum absolute atomic E-state index is 0.0770. The Labute approximate surface area is 124 Å². The maximum absolute atomic E-state index is 11.0. The molecule has 0 heterocycles. The predicted octanol–water partition coefficient (Wildman–Crippen LogP) is 2.42. The van der Waals surface area contributed by atoms with Gasteiger partial charge in [-0.2, -0.15) is 0 Å². The first-order valence-electron chi connectivity index (χ1n) is 7.42. The number of benzene rings is 1. The van der Waals surface area contributed by atoms with Crippen LogP contribution in [-0.4, -0.2) is 29.2 Å². The average Bonchev–Trinajstić information content (AvgIpc) is 2.47. The van der Waals surface area contributed by atoms with Crippen molar-refractivity contribution in [1.82, 2.24) is 5.32 Å². The third-order valence-corrected chi connectivity index (χ3v) is 4.10. The van der Waals surface area contributed by atoms with Gasteiger partial charge in [0.05, 0.1) is 10.5 Å². The Morgan fingerprint density at radius 2 is 2.05 bits per heavy atom. The zero-order valence-electron chi connectivity index (χ0n) is 12.4. The lowest BCUT2D eigenvalue weighted by atomic mass is 9.85. The highest BCUT2D eigenvalue weighted by atomic mass is 16.6. The number of hydrogen-bond donors (Lipinski definition) is 3. The van der Waals surface area contributed by atoms with Crippen molar-refractivity contribution in [2.45, 2.75) is 44.2 Å². The number of hydrogen-bond acceptors (Lipinski definition) is 5. The molecule has 0 spiro atoms. The Hall–Kier alpha value is -1.66. The van der Waals surface area contributed by atoms with Crippen LogP contribution in [0.5, 0.6) is 0 Å². The number of nitrogens with zero attached hydrogens (tertiary/aromatic N) is 1. The number of anilines is 1. The average molecular weight is 293 g/mol. The van der Waals surface area contributed by atoms with Gasteiger partial charge in [0.25, 0.3) is 5.69 Å². The van der Waals surface area contributed by atoms with Crippen molar-refractivity contribution in [2.24, 2.45) is 0 Å². The highest BCUT2D eigenvalue weighted by molar-refractivity contribution is 5.62. The summed E-state index contributed by atoms with van der Waals surface area (Å²) >= 11 is 0. The Kier molecular flexibility index (Phi) is 5.14. The largest absolute Gasteiger partial charge is 0.389 e. The van der Waals surface area contributed by atoms with E-state index < -0.39 is 5.60 Å². The molecule has 21 heavy (non-hydrogen) atoms. The number of nitrogens with one attached hydrogen (secondary N) is 2. The summed E-state index contributed by atoms with van der Waals surface area (Å²) in [5.74, 6) is 0. The minimum Gasteiger partial charge on any atom is -0.389 e. The molecule has 1 aliphatic rings. The third kappa shape index (κ3) is 4.15. The molecule has 3 N–H and O–H groups in total. The first-order valence-corrected chi connectivity index (χ1v) is 7.42. The molecular weight excluding hydrogens is 270 g/mol. The molecule has 6 heteroatoms. The second-order valence-electron chi connectivity index (χ2n) is 5.75. The van der Waals surface area contributed by atoms with Gasteiger partial charge in [0.1, 0.15) is 5.69 Å². The minimum atomic E-state index is -0.616. The van der Waals surface area contributed by atoms with E-state index in [0.29, 0.717) is 18.8 Å². The van der Waals surface area contributed by atoms with E-state index in [9.17, 15) is 15.2 Å². The van der Waals surface area contributed by atoms with Gasteiger partial charge in [-0.3, -0.25) is 10.1 Å². The second kappa shape index (κ2) is 6.87. The van der Waals surface area contributed by atoms with E-state index >= 15 is 0 Å². The van der Waals surface area contributed by atoms with E-state index in [-0.39, 0.29) is 10.6 Å². The lowest BCUT2D eigenvalue weighted by Gasteiger charge is -2.32. The van der Waals surface area contributed by atoms with E-state index in [1.807, 2.05) is 6.07 Å². The molecule has 0 unspecified atom stereocenters. The predicted molar refractivity (Wildman–Crippen MR) is 82.4 cm³/mol. The molecule has 1 saturated carbocycles. The van der Waals surface area contributed by atoms with Gasteiger partial charge in [-0.15, -0.1) is 0 Å². The molecule has 0 atom stereocenters. The van der Waals surface area contributed by atoms with Crippen molar-refractivity contribution in [1.29, 1.82) is 0 Å². The first-order chi connectivity index (χ1) is 10.0. The molecule has 6 nitrogen and oxygen atoms in total. The molecular formula is C15H23N3O3. The summed E-state index contributed by atoms with van der Waals surface area (Å²) in [6.07, 6.45) is 5.00. The Morgan fingerprint density at radius 3 is 2.67 bits per heavy atom. The summed E-state index contributed by atoms with van der Waals surface area (Å²) in [4.78, 5) is 10.6. The van der Waals surface area contributed by atoms with Crippen LogP contribution in [0.15, 0.2) is 18.2 Å². The maximum atomic E-state index is 11.0. The zero-order chi connectivity index (χ0) is 15.3. The molecule has 0 amide bonds. The fourth-order valence-electron chi connectivity index (χ4n) is 2.88. The van der Waals surface area contributed by atoms with Crippen LogP contribution >= 0.6 is 0 Å². The molecule has 0 saturated heterocycles. The molecule has 1 aliphatic carbocycles. The molecule has 0 bridgehead atoms. The molecule has 0 radical (unpaired) electrons. The van der Waals surface area contributed by atoms with Gasteiger partial charge in [0, 0.05) is 26.2 Å². The van der Waals surface area contributed by atoms with Crippen molar-refractivity contribution < 1.29 is 10.0 Å². The highest BCUT2D eigenvalue weighted by Crippen LogP contribution is 2.28. The van der Waals surface area contributed by atoms with Crippen LogP contribution in [0.4, 0.5) is 11.4 Å². The Morgan fingerprint density at radius 1 is 1.33 bits per heavy atom. The highest BCUT2D eigenvalue weighted by Gasteiger charge is 2.28. The van der Waals surface area contributed by atoms with Crippen LogP contribution in [0.2, 0.25) is 0 Å². The SMILES string of the molecule is CNc1ccc(CNCC2(O)CCCCC2)cc1[N+](=O)[O-]. The van der Waals surface area contributed by atoms with Crippen molar-refractivity contribution in [3.05, 3.63) is 33.9 Å². The standard InChI is InChI=1S/C15H23N3O3/c1-16-13-6-5-12(9-14(13)18(20)21)10-17-11-15(19)7-3-2-4-8-15/h5-6,9,16-17,19H,2-4,7-8,10-11H2,1H3. The summed E-state index contributed by atoms with van der Waals surface area (Å²) in [5.41, 5.74) is 0.817. The summed E-state index contributed by atoms with van der Waals surface area (Å²) in [6, 6.07) is 5.14. The molecule has 1 aromatic rings. The Balaban J connectivity index is 1.94. The molecule has 2 rings (SSSR count). The van der Waals surface area contributed by atoms with Gasteiger partial charge in [-0.05, 0) is 24.5 Å². The fourth-order valence-corrected chi connectivity index (χ4v) is 2.88. The summed E-state index contributed by atoms with van der Waals surface area (Å²) in [5, 5.41) is 27.4. The summed E-state index contributed by atoms with van der Waals surface area (Å²) in [6.45, 7) is 1.06. The normalized spacial score (nSPS) is 17.4. The van der Waals surface area contributed by atoms with Crippen LogP contribution < -0.4 is 10.6 Å². The molecule has 1 aromatic carbocycles. The lowest BCUT2D eigenvalue weighted by Crippen LogP contribution is -2.41. The van der Waals surface area contributed by atoms with Crippen molar-refractivity contribution >= 4 is 11.4 Å². The quantitative estimate of drug-likeness (QED) is 0.554. The number of nitro groups is 1. The van der Waals surface area contributed by atoms with Gasteiger partial charge in [0.2, 0.25) is 0 Å². The lowest BCUT2D eigenvalue weighted by molar-refractivity contribution is -0.384. The number of rotatable bonds is 6. The van der Waals surface area contributed by atoms with Crippen LogP contribution in [-0.2, 0) is 6.54 Å². The van der Waals surface area contributed by atoms with Crippen molar-refractivity contribution in [3.8, 4) is 0 Å². The third-order valence-electron chi connectivity index (χ3n) is 4.10. The molecule has 0 aliphatic heterocycles. The van der Waals surface area contributed by atoms with E-state index in [4.69, 9.17) is 0 Å². The summed E-state index contributed by atoms with van der Waals surface area (Å²) < 4.78 is 0. The first kappa shape index (κ1) is 15.7. The van der Waals surface area contributed by atoms with Crippen LogP contribution in [0, 0.1) is 10.1 Å². The number of nitro benzene ring substituents is 1. The van der Waals surface area contributed by atoms with E-state index in [1.165, 1.54) is 6.42 Å². The van der Waals surface area contributed by atoms with Crippen LogP contribution in [0.25, 0.3) is 0 Å². The molecule has 1 fully saturated rings. The molecule has 116 valence electrons. The van der Waals surface area contributed by atoms with E-state index in [0.717, 1.165) is 31.2 Å². The smallest absolute Gasteiger partial charge is 0.292 e. The topological polar surface area (TPSA) is 87.4 Å².